The van der Waals surface area contributed by atoms with Crippen LogP contribution in [0.3, 0.4) is 0 Å². The zero-order valence-electron chi connectivity index (χ0n) is 10.9. The lowest BCUT2D eigenvalue weighted by atomic mass is 10.2. The van der Waals surface area contributed by atoms with Gasteiger partial charge in [-0.2, -0.15) is 0 Å². The molecule has 0 bridgehead atoms. The number of rotatable bonds is 6. The fourth-order valence-corrected chi connectivity index (χ4v) is 2.65. The fraction of sp³-hybridized carbons (Fsp3) is 0.267. The van der Waals surface area contributed by atoms with Crippen LogP contribution in [-0.4, -0.2) is 11.5 Å². The SMILES string of the molecule is CCCNCc1cc(F)cc(Sc2ccncc2)c1. The van der Waals surface area contributed by atoms with Crippen molar-refractivity contribution in [3.63, 3.8) is 0 Å². The zero-order valence-corrected chi connectivity index (χ0v) is 11.7. The summed E-state index contributed by atoms with van der Waals surface area (Å²) < 4.78 is 13.6. The van der Waals surface area contributed by atoms with Crippen LogP contribution in [0.5, 0.6) is 0 Å². The Bertz CT molecular complexity index is 517. The second kappa shape index (κ2) is 7.26. The Hall–Kier alpha value is -1.39. The van der Waals surface area contributed by atoms with Crippen LogP contribution in [0.2, 0.25) is 0 Å². The highest BCUT2D eigenvalue weighted by Gasteiger charge is 2.03. The molecule has 19 heavy (non-hydrogen) atoms. The lowest BCUT2D eigenvalue weighted by Crippen LogP contribution is -2.13. The van der Waals surface area contributed by atoms with Crippen LogP contribution in [0.1, 0.15) is 18.9 Å². The quantitative estimate of drug-likeness (QED) is 0.811. The van der Waals surface area contributed by atoms with Crippen LogP contribution < -0.4 is 5.32 Å². The average molecular weight is 276 g/mol. The van der Waals surface area contributed by atoms with Crippen molar-refractivity contribution in [2.24, 2.45) is 0 Å². The summed E-state index contributed by atoms with van der Waals surface area (Å²) in [6.45, 7) is 3.77. The molecule has 4 heteroatoms. The average Bonchev–Trinajstić information content (AvgIpc) is 2.39. The van der Waals surface area contributed by atoms with Crippen molar-refractivity contribution in [3.8, 4) is 0 Å². The first-order valence-electron chi connectivity index (χ1n) is 6.36. The molecule has 0 unspecified atom stereocenters. The van der Waals surface area contributed by atoms with Crippen LogP contribution in [0.4, 0.5) is 4.39 Å². The number of benzene rings is 1. The first-order valence-corrected chi connectivity index (χ1v) is 7.17. The second-order valence-electron chi connectivity index (χ2n) is 4.26. The second-order valence-corrected chi connectivity index (χ2v) is 5.40. The summed E-state index contributed by atoms with van der Waals surface area (Å²) in [7, 11) is 0. The zero-order chi connectivity index (χ0) is 13.5. The lowest BCUT2D eigenvalue weighted by molar-refractivity contribution is 0.615. The Morgan fingerprint density at radius 1 is 1.16 bits per heavy atom. The highest BCUT2D eigenvalue weighted by molar-refractivity contribution is 7.99. The fourth-order valence-electron chi connectivity index (χ4n) is 1.73. The standard InChI is InChI=1S/C15H17FN2S/c1-2-5-18-11-12-8-13(16)10-15(9-12)19-14-3-6-17-7-4-14/h3-4,6-10,18H,2,5,11H2,1H3. The van der Waals surface area contributed by atoms with E-state index in [-0.39, 0.29) is 5.82 Å². The van der Waals surface area contributed by atoms with Crippen molar-refractivity contribution in [1.82, 2.24) is 10.3 Å². The number of hydrogen-bond donors (Lipinski definition) is 1. The Kier molecular flexibility index (Phi) is 5.36. The third-order valence-electron chi connectivity index (χ3n) is 2.57. The molecule has 1 aromatic carbocycles. The van der Waals surface area contributed by atoms with E-state index < -0.39 is 0 Å². The molecule has 1 N–H and O–H groups in total. The van der Waals surface area contributed by atoms with E-state index in [1.807, 2.05) is 18.2 Å². The van der Waals surface area contributed by atoms with Gasteiger partial charge in [0, 0.05) is 28.7 Å². The van der Waals surface area contributed by atoms with E-state index >= 15 is 0 Å². The maximum absolute atomic E-state index is 13.6. The van der Waals surface area contributed by atoms with E-state index in [9.17, 15) is 4.39 Å². The van der Waals surface area contributed by atoms with Gasteiger partial charge in [-0.25, -0.2) is 4.39 Å². The molecule has 0 saturated heterocycles. The molecule has 0 aliphatic heterocycles. The number of aromatic nitrogens is 1. The van der Waals surface area contributed by atoms with E-state index in [1.165, 1.54) is 0 Å². The van der Waals surface area contributed by atoms with Gasteiger partial charge in [-0.05, 0) is 48.9 Å². The molecule has 2 aromatic rings. The monoisotopic (exact) mass is 276 g/mol. The number of nitrogens with one attached hydrogen (secondary N) is 1. The minimum Gasteiger partial charge on any atom is -0.313 e. The van der Waals surface area contributed by atoms with Gasteiger partial charge >= 0.3 is 0 Å². The number of hydrogen-bond acceptors (Lipinski definition) is 3. The molecule has 0 fully saturated rings. The number of nitrogens with zero attached hydrogens (tertiary/aromatic N) is 1. The third kappa shape index (κ3) is 4.65. The smallest absolute Gasteiger partial charge is 0.124 e. The lowest BCUT2D eigenvalue weighted by Gasteiger charge is -2.07. The van der Waals surface area contributed by atoms with Gasteiger partial charge < -0.3 is 5.32 Å². The predicted octanol–water partition coefficient (Wildman–Crippen LogP) is 3.87. The molecule has 2 rings (SSSR count). The van der Waals surface area contributed by atoms with Crippen LogP contribution >= 0.6 is 11.8 Å². The third-order valence-corrected chi connectivity index (χ3v) is 3.55. The highest BCUT2D eigenvalue weighted by Crippen LogP contribution is 2.28. The summed E-state index contributed by atoms with van der Waals surface area (Å²) in [5, 5.41) is 3.28. The van der Waals surface area contributed by atoms with Crippen molar-refractivity contribution in [2.45, 2.75) is 29.7 Å². The van der Waals surface area contributed by atoms with Gasteiger partial charge in [0.25, 0.3) is 0 Å². The van der Waals surface area contributed by atoms with Gasteiger partial charge in [-0.3, -0.25) is 4.98 Å². The minimum absolute atomic E-state index is 0.188. The van der Waals surface area contributed by atoms with Crippen molar-refractivity contribution < 1.29 is 4.39 Å². The molecule has 2 nitrogen and oxygen atoms in total. The Labute approximate surface area is 117 Å². The Balaban J connectivity index is 2.08. The molecule has 100 valence electrons. The largest absolute Gasteiger partial charge is 0.313 e. The normalized spacial score (nSPS) is 10.6. The first-order chi connectivity index (χ1) is 9.28. The molecule has 0 radical (unpaired) electrons. The molecule has 0 spiro atoms. The molecule has 0 saturated carbocycles. The van der Waals surface area contributed by atoms with Crippen LogP contribution in [0.15, 0.2) is 52.5 Å². The summed E-state index contributed by atoms with van der Waals surface area (Å²) in [5.41, 5.74) is 0.977. The summed E-state index contributed by atoms with van der Waals surface area (Å²) in [5.74, 6) is -0.188. The summed E-state index contributed by atoms with van der Waals surface area (Å²) in [4.78, 5) is 5.95. The van der Waals surface area contributed by atoms with Crippen molar-refractivity contribution in [3.05, 3.63) is 54.1 Å². The molecule has 1 heterocycles. The predicted molar refractivity (Wildman–Crippen MR) is 76.8 cm³/mol. The van der Waals surface area contributed by atoms with Gasteiger partial charge in [0.05, 0.1) is 0 Å². The molecule has 0 aliphatic rings. The van der Waals surface area contributed by atoms with Gasteiger partial charge in [0.2, 0.25) is 0 Å². The van der Waals surface area contributed by atoms with Crippen LogP contribution in [0.25, 0.3) is 0 Å². The molecule has 0 atom stereocenters. The topological polar surface area (TPSA) is 24.9 Å². The number of halogens is 1. The van der Waals surface area contributed by atoms with E-state index in [4.69, 9.17) is 0 Å². The van der Waals surface area contributed by atoms with Gasteiger partial charge in [-0.1, -0.05) is 18.7 Å². The van der Waals surface area contributed by atoms with Gasteiger partial charge in [0.15, 0.2) is 0 Å². The Morgan fingerprint density at radius 3 is 2.68 bits per heavy atom. The maximum atomic E-state index is 13.6. The number of pyridine rings is 1. The van der Waals surface area contributed by atoms with Gasteiger partial charge in [-0.15, -0.1) is 0 Å². The molecule has 1 aromatic heterocycles. The van der Waals surface area contributed by atoms with E-state index in [1.54, 1.807) is 36.3 Å². The van der Waals surface area contributed by atoms with E-state index in [0.29, 0.717) is 6.54 Å². The molecular formula is C15H17FN2S. The van der Waals surface area contributed by atoms with Crippen molar-refractivity contribution in [1.29, 1.82) is 0 Å². The van der Waals surface area contributed by atoms with Gasteiger partial charge in [0.1, 0.15) is 5.82 Å². The molecule has 0 amide bonds. The maximum Gasteiger partial charge on any atom is 0.124 e. The summed E-state index contributed by atoms with van der Waals surface area (Å²) >= 11 is 1.55. The highest BCUT2D eigenvalue weighted by atomic mass is 32.2. The van der Waals surface area contributed by atoms with Crippen LogP contribution in [-0.2, 0) is 6.54 Å². The summed E-state index contributed by atoms with van der Waals surface area (Å²) in [6.07, 6.45) is 4.56. The van der Waals surface area contributed by atoms with E-state index in [2.05, 4.69) is 17.2 Å². The van der Waals surface area contributed by atoms with Crippen LogP contribution in [0, 0.1) is 5.82 Å². The first kappa shape index (κ1) is 14.0. The van der Waals surface area contributed by atoms with Crippen molar-refractivity contribution in [2.75, 3.05) is 6.54 Å². The van der Waals surface area contributed by atoms with E-state index in [0.717, 1.165) is 28.3 Å². The van der Waals surface area contributed by atoms with Crippen molar-refractivity contribution >= 4 is 11.8 Å². The summed E-state index contributed by atoms with van der Waals surface area (Å²) in [6, 6.07) is 9.01. The molecular weight excluding hydrogens is 259 g/mol. The Morgan fingerprint density at radius 2 is 1.95 bits per heavy atom. The minimum atomic E-state index is -0.188. The molecule has 0 aliphatic carbocycles.